The number of hydrogen-bond acceptors (Lipinski definition) is 5. The Hall–Kier alpha value is -1.40. The van der Waals surface area contributed by atoms with E-state index >= 15 is 0 Å². The maximum absolute atomic E-state index is 8.84. The van der Waals surface area contributed by atoms with Crippen LogP contribution in [0, 0.1) is 0 Å². The molecule has 0 saturated carbocycles. The summed E-state index contributed by atoms with van der Waals surface area (Å²) in [6, 6.07) is 3.89. The molecule has 5 nitrogen and oxygen atoms in total. The van der Waals surface area contributed by atoms with Crippen molar-refractivity contribution in [2.24, 2.45) is 0 Å². The summed E-state index contributed by atoms with van der Waals surface area (Å²) < 4.78 is 2.14. The molecule has 0 aliphatic heterocycles. The highest BCUT2D eigenvalue weighted by Crippen LogP contribution is 2.24. The van der Waals surface area contributed by atoms with Gasteiger partial charge in [0.25, 0.3) is 0 Å². The van der Waals surface area contributed by atoms with E-state index < -0.39 is 0 Å². The van der Waals surface area contributed by atoms with Crippen LogP contribution in [0.5, 0.6) is 0 Å². The van der Waals surface area contributed by atoms with Gasteiger partial charge in [0.05, 0.1) is 0 Å². The highest BCUT2D eigenvalue weighted by atomic mass is 32.2. The number of pyridine rings is 1. The SMILES string of the molecule is CCCn1c(SCCCO)nnc1-c1ccncc1. The van der Waals surface area contributed by atoms with E-state index in [-0.39, 0.29) is 6.61 Å². The highest BCUT2D eigenvalue weighted by Gasteiger charge is 2.13. The fourth-order valence-corrected chi connectivity index (χ4v) is 2.65. The summed E-state index contributed by atoms with van der Waals surface area (Å²) in [6.07, 6.45) is 5.33. The quantitative estimate of drug-likeness (QED) is 0.621. The van der Waals surface area contributed by atoms with Gasteiger partial charge in [0.15, 0.2) is 11.0 Å². The molecule has 2 heterocycles. The number of rotatable bonds is 7. The molecule has 0 atom stereocenters. The second-order valence-electron chi connectivity index (χ2n) is 4.12. The van der Waals surface area contributed by atoms with Crippen LogP contribution in [-0.4, -0.2) is 37.2 Å². The number of nitrogens with zero attached hydrogens (tertiary/aromatic N) is 4. The van der Waals surface area contributed by atoms with Gasteiger partial charge < -0.3 is 9.67 Å². The molecule has 0 aliphatic rings. The van der Waals surface area contributed by atoms with Gasteiger partial charge in [0.2, 0.25) is 0 Å². The molecule has 2 aromatic heterocycles. The van der Waals surface area contributed by atoms with Crippen LogP contribution in [-0.2, 0) is 6.54 Å². The lowest BCUT2D eigenvalue weighted by Gasteiger charge is -2.08. The first-order valence-corrected chi connectivity index (χ1v) is 7.42. The molecule has 0 aliphatic carbocycles. The molecule has 0 saturated heterocycles. The van der Waals surface area contributed by atoms with Crippen LogP contribution in [0.25, 0.3) is 11.4 Å². The molecule has 19 heavy (non-hydrogen) atoms. The maximum Gasteiger partial charge on any atom is 0.191 e. The summed E-state index contributed by atoms with van der Waals surface area (Å²) in [5, 5.41) is 18.3. The minimum atomic E-state index is 0.214. The van der Waals surface area contributed by atoms with Crippen molar-refractivity contribution >= 4 is 11.8 Å². The van der Waals surface area contributed by atoms with Crippen molar-refractivity contribution in [2.45, 2.75) is 31.5 Å². The van der Waals surface area contributed by atoms with Crippen LogP contribution < -0.4 is 0 Å². The van der Waals surface area contributed by atoms with Crippen LogP contribution in [0.3, 0.4) is 0 Å². The van der Waals surface area contributed by atoms with Gasteiger partial charge in [0, 0.05) is 36.9 Å². The summed E-state index contributed by atoms with van der Waals surface area (Å²) in [5.74, 6) is 1.74. The van der Waals surface area contributed by atoms with Gasteiger partial charge in [-0.2, -0.15) is 0 Å². The fourth-order valence-electron chi connectivity index (χ4n) is 1.76. The molecule has 0 spiro atoms. The Bertz CT molecular complexity index is 501. The zero-order valence-corrected chi connectivity index (χ0v) is 11.8. The Labute approximate surface area is 117 Å². The Balaban J connectivity index is 2.24. The van der Waals surface area contributed by atoms with Gasteiger partial charge in [-0.1, -0.05) is 18.7 Å². The minimum absolute atomic E-state index is 0.214. The van der Waals surface area contributed by atoms with Crippen LogP contribution in [0.15, 0.2) is 29.7 Å². The van der Waals surface area contributed by atoms with Crippen molar-refractivity contribution in [1.29, 1.82) is 0 Å². The number of hydrogen-bond donors (Lipinski definition) is 1. The van der Waals surface area contributed by atoms with Crippen molar-refractivity contribution < 1.29 is 5.11 Å². The average molecular weight is 278 g/mol. The minimum Gasteiger partial charge on any atom is -0.396 e. The fraction of sp³-hybridized carbons (Fsp3) is 0.462. The lowest BCUT2D eigenvalue weighted by atomic mass is 10.2. The summed E-state index contributed by atoms with van der Waals surface area (Å²) in [6.45, 7) is 3.25. The van der Waals surface area contributed by atoms with Gasteiger partial charge in [-0.05, 0) is 25.0 Å². The monoisotopic (exact) mass is 278 g/mol. The summed E-state index contributed by atoms with van der Waals surface area (Å²) in [4.78, 5) is 4.02. The second-order valence-corrected chi connectivity index (χ2v) is 5.18. The molecule has 0 aromatic carbocycles. The number of aliphatic hydroxyl groups excluding tert-OH is 1. The normalized spacial score (nSPS) is 10.8. The Morgan fingerprint density at radius 3 is 2.74 bits per heavy atom. The molecule has 102 valence electrons. The van der Waals surface area contributed by atoms with Crippen molar-refractivity contribution in [3.63, 3.8) is 0 Å². The molecule has 2 rings (SSSR count). The zero-order chi connectivity index (χ0) is 13.5. The number of thioether (sulfide) groups is 1. The van der Waals surface area contributed by atoms with E-state index in [0.29, 0.717) is 0 Å². The number of aromatic nitrogens is 4. The average Bonchev–Trinajstić information content (AvgIpc) is 2.84. The van der Waals surface area contributed by atoms with E-state index in [1.165, 1.54) is 0 Å². The van der Waals surface area contributed by atoms with Crippen LogP contribution in [0.2, 0.25) is 0 Å². The Kier molecular flexibility index (Phi) is 5.35. The van der Waals surface area contributed by atoms with E-state index in [2.05, 4.69) is 26.7 Å². The zero-order valence-electron chi connectivity index (χ0n) is 11.0. The largest absolute Gasteiger partial charge is 0.396 e. The molecular weight excluding hydrogens is 260 g/mol. The summed E-state index contributed by atoms with van der Waals surface area (Å²) in [5.41, 5.74) is 1.03. The predicted molar refractivity (Wildman–Crippen MR) is 76.0 cm³/mol. The molecule has 0 amide bonds. The lowest BCUT2D eigenvalue weighted by Crippen LogP contribution is -2.02. The van der Waals surface area contributed by atoms with Gasteiger partial charge >= 0.3 is 0 Å². The van der Waals surface area contributed by atoms with Crippen LogP contribution in [0.4, 0.5) is 0 Å². The third-order valence-electron chi connectivity index (χ3n) is 2.64. The summed E-state index contributed by atoms with van der Waals surface area (Å²) >= 11 is 1.64. The van der Waals surface area contributed by atoms with Crippen LogP contribution in [0.1, 0.15) is 19.8 Å². The lowest BCUT2D eigenvalue weighted by molar-refractivity contribution is 0.296. The van der Waals surface area contributed by atoms with E-state index in [1.54, 1.807) is 24.2 Å². The molecule has 2 aromatic rings. The van der Waals surface area contributed by atoms with Gasteiger partial charge in [0.1, 0.15) is 0 Å². The van der Waals surface area contributed by atoms with Crippen molar-refractivity contribution in [1.82, 2.24) is 19.7 Å². The third-order valence-corrected chi connectivity index (χ3v) is 3.69. The van der Waals surface area contributed by atoms with Gasteiger partial charge in [-0.25, -0.2) is 0 Å². The first-order chi connectivity index (χ1) is 9.36. The topological polar surface area (TPSA) is 63.8 Å². The molecule has 6 heteroatoms. The van der Waals surface area contributed by atoms with Gasteiger partial charge in [-0.3, -0.25) is 4.98 Å². The van der Waals surface area contributed by atoms with E-state index in [1.807, 2.05) is 12.1 Å². The maximum atomic E-state index is 8.84. The first kappa shape index (κ1) is 14.0. The first-order valence-electron chi connectivity index (χ1n) is 6.44. The van der Waals surface area contributed by atoms with Crippen molar-refractivity contribution in [3.05, 3.63) is 24.5 Å². The molecular formula is C13H18N4OS. The van der Waals surface area contributed by atoms with Crippen LogP contribution >= 0.6 is 11.8 Å². The molecule has 1 N–H and O–H groups in total. The highest BCUT2D eigenvalue weighted by molar-refractivity contribution is 7.99. The number of aliphatic hydroxyl groups is 1. The summed E-state index contributed by atoms with van der Waals surface area (Å²) in [7, 11) is 0. The van der Waals surface area contributed by atoms with E-state index in [4.69, 9.17) is 5.11 Å². The second kappa shape index (κ2) is 7.25. The Morgan fingerprint density at radius 2 is 2.05 bits per heavy atom. The van der Waals surface area contributed by atoms with Crippen molar-refractivity contribution in [2.75, 3.05) is 12.4 Å². The van der Waals surface area contributed by atoms with E-state index in [0.717, 1.165) is 41.7 Å². The third kappa shape index (κ3) is 3.54. The molecule has 0 bridgehead atoms. The van der Waals surface area contributed by atoms with Gasteiger partial charge in [-0.15, -0.1) is 10.2 Å². The van der Waals surface area contributed by atoms with Crippen molar-refractivity contribution in [3.8, 4) is 11.4 Å². The smallest absolute Gasteiger partial charge is 0.191 e. The molecule has 0 radical (unpaired) electrons. The molecule has 0 fully saturated rings. The predicted octanol–water partition coefficient (Wildman–Crippen LogP) is 2.22. The Morgan fingerprint density at radius 1 is 1.26 bits per heavy atom. The van der Waals surface area contributed by atoms with E-state index in [9.17, 15) is 0 Å². The molecule has 0 unspecified atom stereocenters. The standard InChI is InChI=1S/C13H18N4OS/c1-2-8-17-12(11-4-6-14-7-5-11)15-16-13(17)19-10-3-9-18/h4-7,18H,2-3,8-10H2,1H3.